The number of amides is 2. The van der Waals surface area contributed by atoms with Gasteiger partial charge in [0.15, 0.2) is 0 Å². The van der Waals surface area contributed by atoms with E-state index in [1.54, 1.807) is 23.5 Å². The number of nitrogens with one attached hydrogen (secondary N) is 2. The van der Waals surface area contributed by atoms with Gasteiger partial charge in [-0.2, -0.15) is 23.5 Å². The predicted molar refractivity (Wildman–Crippen MR) is 69.9 cm³/mol. The SMILES string of the molecule is CSCC[C@H]1NC(=O)[C@@H](CCSC)NC1=O. The zero-order chi connectivity index (χ0) is 12.0. The second-order valence-electron chi connectivity index (χ2n) is 3.69. The van der Waals surface area contributed by atoms with Crippen LogP contribution in [0.3, 0.4) is 0 Å². The topological polar surface area (TPSA) is 58.2 Å². The molecule has 0 aromatic carbocycles. The lowest BCUT2D eigenvalue weighted by atomic mass is 10.1. The van der Waals surface area contributed by atoms with Crippen LogP contribution in [0.25, 0.3) is 0 Å². The fourth-order valence-electron chi connectivity index (χ4n) is 1.55. The standard InChI is InChI=1S/C10H18N2O2S2/c1-15-5-3-7-9(13)12-8(4-6-16-2)10(14)11-7/h7-8H,3-6H2,1-2H3,(H,11,14)(H,12,13)/t7-,8-/m1/s1. The largest absolute Gasteiger partial charge is 0.342 e. The van der Waals surface area contributed by atoms with Crippen LogP contribution in [-0.4, -0.2) is 47.9 Å². The molecule has 0 aromatic heterocycles. The average molecular weight is 262 g/mol. The lowest BCUT2D eigenvalue weighted by molar-refractivity contribution is -0.136. The number of thioether (sulfide) groups is 2. The van der Waals surface area contributed by atoms with Crippen molar-refractivity contribution in [1.29, 1.82) is 0 Å². The summed E-state index contributed by atoms with van der Waals surface area (Å²) in [5, 5.41) is 5.57. The van der Waals surface area contributed by atoms with E-state index in [4.69, 9.17) is 0 Å². The molecule has 0 spiro atoms. The van der Waals surface area contributed by atoms with Crippen molar-refractivity contribution in [2.45, 2.75) is 24.9 Å². The van der Waals surface area contributed by atoms with Gasteiger partial charge in [-0.05, 0) is 36.9 Å². The summed E-state index contributed by atoms with van der Waals surface area (Å²) in [5.74, 6) is 1.68. The highest BCUT2D eigenvalue weighted by atomic mass is 32.2. The highest BCUT2D eigenvalue weighted by Gasteiger charge is 2.32. The van der Waals surface area contributed by atoms with Gasteiger partial charge in [0.1, 0.15) is 12.1 Å². The van der Waals surface area contributed by atoms with Crippen molar-refractivity contribution in [2.75, 3.05) is 24.0 Å². The van der Waals surface area contributed by atoms with E-state index in [2.05, 4.69) is 10.6 Å². The van der Waals surface area contributed by atoms with Crippen molar-refractivity contribution in [3.8, 4) is 0 Å². The van der Waals surface area contributed by atoms with E-state index in [1.165, 1.54) is 0 Å². The number of hydrogen-bond acceptors (Lipinski definition) is 4. The Hall–Kier alpha value is -0.360. The van der Waals surface area contributed by atoms with Crippen molar-refractivity contribution >= 4 is 35.3 Å². The van der Waals surface area contributed by atoms with Crippen molar-refractivity contribution < 1.29 is 9.59 Å². The maximum atomic E-state index is 11.7. The van der Waals surface area contributed by atoms with Crippen molar-refractivity contribution in [3.63, 3.8) is 0 Å². The van der Waals surface area contributed by atoms with Crippen LogP contribution in [0, 0.1) is 0 Å². The molecule has 6 heteroatoms. The van der Waals surface area contributed by atoms with Crippen LogP contribution in [0.4, 0.5) is 0 Å². The molecule has 92 valence electrons. The van der Waals surface area contributed by atoms with Gasteiger partial charge in [-0.15, -0.1) is 0 Å². The molecule has 2 amide bonds. The minimum Gasteiger partial charge on any atom is -0.342 e. The summed E-state index contributed by atoms with van der Waals surface area (Å²) in [4.78, 5) is 23.4. The molecular formula is C10H18N2O2S2. The van der Waals surface area contributed by atoms with Crippen molar-refractivity contribution in [3.05, 3.63) is 0 Å². The average Bonchev–Trinajstić information content (AvgIpc) is 2.28. The maximum Gasteiger partial charge on any atom is 0.243 e. The summed E-state index contributed by atoms with van der Waals surface area (Å²) in [5.41, 5.74) is 0. The van der Waals surface area contributed by atoms with Gasteiger partial charge >= 0.3 is 0 Å². The Morgan fingerprint density at radius 1 is 0.938 bits per heavy atom. The van der Waals surface area contributed by atoms with Gasteiger partial charge in [0, 0.05) is 0 Å². The van der Waals surface area contributed by atoms with Gasteiger partial charge < -0.3 is 10.6 Å². The molecular weight excluding hydrogens is 244 g/mol. The summed E-state index contributed by atoms with van der Waals surface area (Å²) in [6.45, 7) is 0. The normalized spacial score (nSPS) is 25.1. The lowest BCUT2D eigenvalue weighted by Crippen LogP contribution is -2.61. The summed E-state index contributed by atoms with van der Waals surface area (Å²) in [7, 11) is 0. The Kier molecular flexibility index (Phi) is 6.05. The number of carbonyl (C=O) groups excluding carboxylic acids is 2. The first-order valence-electron chi connectivity index (χ1n) is 5.27. The first-order chi connectivity index (χ1) is 7.69. The van der Waals surface area contributed by atoms with Gasteiger partial charge in [0.25, 0.3) is 0 Å². The summed E-state index contributed by atoms with van der Waals surface area (Å²) in [6.07, 6.45) is 5.38. The van der Waals surface area contributed by atoms with Crippen LogP contribution in [0.5, 0.6) is 0 Å². The molecule has 1 rings (SSSR count). The third-order valence-corrected chi connectivity index (χ3v) is 3.78. The summed E-state index contributed by atoms with van der Waals surface area (Å²) in [6, 6.07) is -0.684. The number of hydrogen-bond donors (Lipinski definition) is 2. The number of carbonyl (C=O) groups is 2. The van der Waals surface area contributed by atoms with E-state index in [1.807, 2.05) is 12.5 Å². The Morgan fingerprint density at radius 2 is 1.31 bits per heavy atom. The van der Waals surface area contributed by atoms with E-state index >= 15 is 0 Å². The Labute approximate surface area is 105 Å². The molecule has 0 bridgehead atoms. The van der Waals surface area contributed by atoms with Gasteiger partial charge in [-0.1, -0.05) is 0 Å². The second kappa shape index (κ2) is 7.06. The molecule has 1 aliphatic heterocycles. The third-order valence-electron chi connectivity index (χ3n) is 2.49. The molecule has 0 radical (unpaired) electrons. The van der Waals surface area contributed by atoms with Crippen LogP contribution in [0.1, 0.15) is 12.8 Å². The van der Waals surface area contributed by atoms with Gasteiger partial charge in [0.2, 0.25) is 11.8 Å². The molecule has 0 saturated carbocycles. The maximum absolute atomic E-state index is 11.7. The first kappa shape index (κ1) is 13.7. The smallest absolute Gasteiger partial charge is 0.243 e. The van der Waals surface area contributed by atoms with Gasteiger partial charge in [0.05, 0.1) is 0 Å². The minimum atomic E-state index is -0.342. The molecule has 0 aliphatic carbocycles. The quantitative estimate of drug-likeness (QED) is 0.731. The zero-order valence-corrected chi connectivity index (χ0v) is 11.2. The van der Waals surface area contributed by atoms with Crippen molar-refractivity contribution in [1.82, 2.24) is 10.6 Å². The number of rotatable bonds is 6. The van der Waals surface area contributed by atoms with Crippen LogP contribution in [0.2, 0.25) is 0 Å². The zero-order valence-electron chi connectivity index (χ0n) is 9.62. The Balaban J connectivity index is 2.43. The lowest BCUT2D eigenvalue weighted by Gasteiger charge is -2.29. The molecule has 1 heterocycles. The molecule has 4 nitrogen and oxygen atoms in total. The Bertz CT molecular complexity index is 235. The van der Waals surface area contributed by atoms with Gasteiger partial charge in [-0.25, -0.2) is 0 Å². The van der Waals surface area contributed by atoms with E-state index in [0.717, 1.165) is 11.5 Å². The van der Waals surface area contributed by atoms with Crippen molar-refractivity contribution in [2.24, 2.45) is 0 Å². The summed E-state index contributed by atoms with van der Waals surface area (Å²) < 4.78 is 0. The van der Waals surface area contributed by atoms with Gasteiger partial charge in [-0.3, -0.25) is 9.59 Å². The highest BCUT2D eigenvalue weighted by Crippen LogP contribution is 2.09. The minimum absolute atomic E-state index is 0.0419. The highest BCUT2D eigenvalue weighted by molar-refractivity contribution is 7.98. The van der Waals surface area contributed by atoms with Crippen LogP contribution < -0.4 is 10.6 Å². The molecule has 16 heavy (non-hydrogen) atoms. The van der Waals surface area contributed by atoms with Crippen LogP contribution in [0.15, 0.2) is 0 Å². The summed E-state index contributed by atoms with van der Waals surface area (Å²) >= 11 is 3.36. The Morgan fingerprint density at radius 3 is 1.62 bits per heavy atom. The molecule has 1 aliphatic rings. The van der Waals surface area contributed by atoms with Crippen LogP contribution in [-0.2, 0) is 9.59 Å². The number of piperazine rings is 1. The second-order valence-corrected chi connectivity index (χ2v) is 5.66. The first-order valence-corrected chi connectivity index (χ1v) is 8.06. The fourth-order valence-corrected chi connectivity index (χ4v) is 2.50. The van der Waals surface area contributed by atoms with E-state index < -0.39 is 0 Å². The van der Waals surface area contributed by atoms with E-state index in [-0.39, 0.29) is 23.9 Å². The predicted octanol–water partition coefficient (Wildman–Crippen LogP) is 0.476. The monoisotopic (exact) mass is 262 g/mol. The van der Waals surface area contributed by atoms with Crippen LogP contribution >= 0.6 is 23.5 Å². The fraction of sp³-hybridized carbons (Fsp3) is 0.800. The molecule has 1 fully saturated rings. The van der Waals surface area contributed by atoms with E-state index in [9.17, 15) is 9.59 Å². The molecule has 2 N–H and O–H groups in total. The molecule has 1 saturated heterocycles. The third kappa shape index (κ3) is 3.90. The molecule has 0 unspecified atom stereocenters. The molecule has 0 aromatic rings. The van der Waals surface area contributed by atoms with E-state index in [0.29, 0.717) is 12.8 Å². The molecule has 2 atom stereocenters.